The molecule has 1 spiro atoms. The molecular weight excluding hydrogens is 234 g/mol. The van der Waals surface area contributed by atoms with Crippen LogP contribution >= 0.6 is 0 Å². The second kappa shape index (κ2) is 4.46. The lowest BCUT2D eigenvalue weighted by atomic mass is 9.74. The molecule has 0 bridgehead atoms. The SMILES string of the molecule is C[C@H]1OC2(CCC[C@@H](C(C)(C)[N+](=O)[O-])C2)O[C@@H]1C. The van der Waals surface area contributed by atoms with E-state index in [0.29, 0.717) is 6.42 Å². The molecule has 0 amide bonds. The summed E-state index contributed by atoms with van der Waals surface area (Å²) in [6.45, 7) is 7.42. The molecule has 1 saturated carbocycles. The van der Waals surface area contributed by atoms with Crippen molar-refractivity contribution in [2.75, 3.05) is 0 Å². The lowest BCUT2D eigenvalue weighted by molar-refractivity contribution is -0.574. The number of hydrogen-bond acceptors (Lipinski definition) is 4. The molecule has 5 nitrogen and oxygen atoms in total. The lowest BCUT2D eigenvalue weighted by Gasteiger charge is -2.39. The molecule has 0 aromatic carbocycles. The molecule has 18 heavy (non-hydrogen) atoms. The Kier molecular flexibility index (Phi) is 3.40. The summed E-state index contributed by atoms with van der Waals surface area (Å²) < 4.78 is 11.9. The molecule has 0 aromatic heterocycles. The molecule has 1 aliphatic heterocycles. The molecule has 2 fully saturated rings. The van der Waals surface area contributed by atoms with Crippen molar-refractivity contribution in [2.24, 2.45) is 5.92 Å². The van der Waals surface area contributed by atoms with E-state index in [-0.39, 0.29) is 23.0 Å². The van der Waals surface area contributed by atoms with E-state index in [4.69, 9.17) is 9.47 Å². The summed E-state index contributed by atoms with van der Waals surface area (Å²) in [4.78, 5) is 11.0. The van der Waals surface area contributed by atoms with E-state index in [1.54, 1.807) is 13.8 Å². The van der Waals surface area contributed by atoms with E-state index in [9.17, 15) is 10.1 Å². The quantitative estimate of drug-likeness (QED) is 0.563. The van der Waals surface area contributed by atoms with Gasteiger partial charge in [0.05, 0.1) is 12.2 Å². The van der Waals surface area contributed by atoms with Gasteiger partial charge in [-0.1, -0.05) is 0 Å². The van der Waals surface area contributed by atoms with Crippen LogP contribution < -0.4 is 0 Å². The topological polar surface area (TPSA) is 61.6 Å². The van der Waals surface area contributed by atoms with Gasteiger partial charge < -0.3 is 9.47 Å². The third kappa shape index (κ3) is 2.26. The molecule has 1 heterocycles. The molecule has 1 saturated heterocycles. The van der Waals surface area contributed by atoms with Crippen molar-refractivity contribution in [3.8, 4) is 0 Å². The zero-order chi connectivity index (χ0) is 13.6. The van der Waals surface area contributed by atoms with Gasteiger partial charge in [0.15, 0.2) is 5.79 Å². The average molecular weight is 257 g/mol. The molecule has 2 aliphatic rings. The van der Waals surface area contributed by atoms with Crippen LogP contribution in [0, 0.1) is 16.0 Å². The number of nitro groups is 1. The fraction of sp³-hybridized carbons (Fsp3) is 1.00. The second-order valence-corrected chi connectivity index (χ2v) is 6.26. The number of hydrogen-bond donors (Lipinski definition) is 0. The van der Waals surface area contributed by atoms with Gasteiger partial charge in [0.25, 0.3) is 0 Å². The lowest BCUT2D eigenvalue weighted by Crippen LogP contribution is -2.47. The monoisotopic (exact) mass is 257 g/mol. The fourth-order valence-corrected chi connectivity index (χ4v) is 3.06. The molecule has 5 heteroatoms. The van der Waals surface area contributed by atoms with Crippen molar-refractivity contribution < 1.29 is 14.4 Å². The van der Waals surface area contributed by atoms with E-state index < -0.39 is 11.3 Å². The van der Waals surface area contributed by atoms with Gasteiger partial charge in [0.2, 0.25) is 5.54 Å². The standard InChI is InChI=1S/C13H23NO4/c1-9-10(2)18-13(17-9)7-5-6-11(8-13)12(3,4)14(15)16/h9-11H,5-8H2,1-4H3/t9-,10-,11-/m1/s1. The van der Waals surface area contributed by atoms with E-state index >= 15 is 0 Å². The first kappa shape index (κ1) is 13.7. The van der Waals surface area contributed by atoms with Crippen molar-refractivity contribution in [3.05, 3.63) is 10.1 Å². The summed E-state index contributed by atoms with van der Waals surface area (Å²) in [5.41, 5.74) is -0.908. The van der Waals surface area contributed by atoms with Crippen LogP contribution in [0.1, 0.15) is 53.4 Å². The summed E-state index contributed by atoms with van der Waals surface area (Å²) in [5, 5.41) is 11.2. The van der Waals surface area contributed by atoms with E-state index in [1.807, 2.05) is 13.8 Å². The van der Waals surface area contributed by atoms with E-state index in [2.05, 4.69) is 0 Å². The van der Waals surface area contributed by atoms with Crippen LogP contribution in [-0.4, -0.2) is 28.5 Å². The minimum atomic E-state index is -0.908. The Bertz CT molecular complexity index is 332. The molecule has 0 unspecified atom stereocenters. The largest absolute Gasteiger partial charge is 0.344 e. The summed E-state index contributed by atoms with van der Waals surface area (Å²) in [6.07, 6.45) is 3.44. The molecule has 2 rings (SSSR count). The highest BCUT2D eigenvalue weighted by atomic mass is 16.8. The van der Waals surface area contributed by atoms with Crippen molar-refractivity contribution in [2.45, 2.75) is 76.9 Å². The molecule has 0 radical (unpaired) electrons. The first-order valence-electron chi connectivity index (χ1n) is 6.77. The maximum absolute atomic E-state index is 11.2. The fourth-order valence-electron chi connectivity index (χ4n) is 3.06. The van der Waals surface area contributed by atoms with Crippen LogP contribution in [-0.2, 0) is 9.47 Å². The highest BCUT2D eigenvalue weighted by molar-refractivity contribution is 4.92. The van der Waals surface area contributed by atoms with Crippen molar-refractivity contribution in [1.82, 2.24) is 0 Å². The number of ether oxygens (including phenoxy) is 2. The third-order valence-electron chi connectivity index (χ3n) is 4.60. The van der Waals surface area contributed by atoms with Gasteiger partial charge in [-0.25, -0.2) is 0 Å². The number of nitrogens with zero attached hydrogens (tertiary/aromatic N) is 1. The van der Waals surface area contributed by atoms with Crippen molar-refractivity contribution in [1.29, 1.82) is 0 Å². The van der Waals surface area contributed by atoms with Gasteiger partial charge in [-0.3, -0.25) is 10.1 Å². The molecular formula is C13H23NO4. The molecule has 0 N–H and O–H groups in total. The molecule has 104 valence electrons. The second-order valence-electron chi connectivity index (χ2n) is 6.26. The predicted molar refractivity (Wildman–Crippen MR) is 66.9 cm³/mol. The summed E-state index contributed by atoms with van der Waals surface area (Å²) in [6, 6.07) is 0. The summed E-state index contributed by atoms with van der Waals surface area (Å²) in [7, 11) is 0. The Balaban J connectivity index is 2.12. The minimum absolute atomic E-state index is 0.0127. The van der Waals surface area contributed by atoms with Crippen LogP contribution in [0.5, 0.6) is 0 Å². The van der Waals surface area contributed by atoms with Gasteiger partial charge in [-0.05, 0) is 26.7 Å². The Morgan fingerprint density at radius 3 is 2.33 bits per heavy atom. The van der Waals surface area contributed by atoms with Gasteiger partial charge in [-0.2, -0.15) is 0 Å². The predicted octanol–water partition coefficient (Wildman–Crippen LogP) is 2.75. The van der Waals surface area contributed by atoms with Crippen LogP contribution in [0.3, 0.4) is 0 Å². The van der Waals surface area contributed by atoms with Gasteiger partial charge >= 0.3 is 0 Å². The third-order valence-corrected chi connectivity index (χ3v) is 4.60. The van der Waals surface area contributed by atoms with Crippen LogP contribution in [0.25, 0.3) is 0 Å². The van der Waals surface area contributed by atoms with Gasteiger partial charge in [0, 0.05) is 37.5 Å². The minimum Gasteiger partial charge on any atom is -0.344 e. The summed E-state index contributed by atoms with van der Waals surface area (Å²) >= 11 is 0. The summed E-state index contributed by atoms with van der Waals surface area (Å²) in [5.74, 6) is -0.562. The van der Waals surface area contributed by atoms with Crippen LogP contribution in [0.15, 0.2) is 0 Å². The van der Waals surface area contributed by atoms with Crippen molar-refractivity contribution in [3.63, 3.8) is 0 Å². The normalized spacial score (nSPS) is 35.9. The first-order valence-corrected chi connectivity index (χ1v) is 6.77. The van der Waals surface area contributed by atoms with Crippen LogP contribution in [0.2, 0.25) is 0 Å². The maximum atomic E-state index is 11.2. The Hall–Kier alpha value is -0.680. The highest BCUT2D eigenvalue weighted by Crippen LogP contribution is 2.46. The zero-order valence-electron chi connectivity index (χ0n) is 11.6. The van der Waals surface area contributed by atoms with Crippen LogP contribution in [0.4, 0.5) is 0 Å². The number of rotatable bonds is 2. The van der Waals surface area contributed by atoms with Gasteiger partial charge in [-0.15, -0.1) is 0 Å². The Morgan fingerprint density at radius 1 is 1.28 bits per heavy atom. The van der Waals surface area contributed by atoms with E-state index in [0.717, 1.165) is 19.3 Å². The van der Waals surface area contributed by atoms with Gasteiger partial charge in [0.1, 0.15) is 0 Å². The highest BCUT2D eigenvalue weighted by Gasteiger charge is 2.53. The molecule has 1 aliphatic carbocycles. The zero-order valence-corrected chi connectivity index (χ0v) is 11.6. The smallest absolute Gasteiger partial charge is 0.219 e. The Labute approximate surface area is 108 Å². The average Bonchev–Trinajstić information content (AvgIpc) is 2.53. The first-order chi connectivity index (χ1) is 8.27. The van der Waals surface area contributed by atoms with Crippen molar-refractivity contribution >= 4 is 0 Å². The molecule has 3 atom stereocenters. The Morgan fingerprint density at radius 2 is 1.83 bits per heavy atom. The molecule has 0 aromatic rings. The maximum Gasteiger partial charge on any atom is 0.219 e. The van der Waals surface area contributed by atoms with E-state index in [1.165, 1.54) is 0 Å².